The van der Waals surface area contributed by atoms with Gasteiger partial charge in [0.05, 0.1) is 0 Å². The van der Waals surface area contributed by atoms with E-state index in [2.05, 4.69) is 48.7 Å². The largest absolute Gasteiger partial charge is 0.382 e. The van der Waals surface area contributed by atoms with E-state index in [0.717, 1.165) is 6.54 Å². The Balaban J connectivity index is 1.92. The van der Waals surface area contributed by atoms with Gasteiger partial charge in [0.25, 0.3) is 0 Å². The molecule has 1 aromatic carbocycles. The van der Waals surface area contributed by atoms with Gasteiger partial charge in [-0.3, -0.25) is 0 Å². The molecular formula is C16H26N2. The van der Waals surface area contributed by atoms with Crippen molar-refractivity contribution < 1.29 is 0 Å². The quantitative estimate of drug-likeness (QED) is 0.845. The van der Waals surface area contributed by atoms with Crippen LogP contribution in [0.2, 0.25) is 0 Å². The average molecular weight is 246 g/mol. The molecule has 100 valence electrons. The van der Waals surface area contributed by atoms with Crippen LogP contribution in [0, 0.1) is 0 Å². The minimum Gasteiger partial charge on any atom is -0.382 e. The Morgan fingerprint density at radius 2 is 2.00 bits per heavy atom. The smallest absolute Gasteiger partial charge is 0.0342 e. The molecule has 2 N–H and O–H groups in total. The molecule has 2 nitrogen and oxygen atoms in total. The summed E-state index contributed by atoms with van der Waals surface area (Å²) in [5.74, 6) is 0.668. The molecule has 0 bridgehead atoms. The molecule has 1 saturated heterocycles. The highest BCUT2D eigenvalue weighted by atomic mass is 14.9. The van der Waals surface area contributed by atoms with E-state index in [4.69, 9.17) is 0 Å². The van der Waals surface area contributed by atoms with Crippen molar-refractivity contribution in [2.24, 2.45) is 0 Å². The monoisotopic (exact) mass is 246 g/mol. The van der Waals surface area contributed by atoms with E-state index in [-0.39, 0.29) is 0 Å². The van der Waals surface area contributed by atoms with Crippen molar-refractivity contribution in [1.82, 2.24) is 5.32 Å². The first-order chi connectivity index (χ1) is 8.79. The molecule has 2 unspecified atom stereocenters. The van der Waals surface area contributed by atoms with Crippen LogP contribution in [0.25, 0.3) is 0 Å². The fourth-order valence-electron chi connectivity index (χ4n) is 2.54. The summed E-state index contributed by atoms with van der Waals surface area (Å²) in [7, 11) is 0. The Hall–Kier alpha value is -1.02. The van der Waals surface area contributed by atoms with Crippen LogP contribution in [0.1, 0.15) is 51.0 Å². The van der Waals surface area contributed by atoms with E-state index < -0.39 is 0 Å². The molecule has 0 aromatic heterocycles. The van der Waals surface area contributed by atoms with Crippen molar-refractivity contribution >= 4 is 5.69 Å². The molecule has 0 aliphatic carbocycles. The van der Waals surface area contributed by atoms with Crippen molar-refractivity contribution in [2.75, 3.05) is 18.4 Å². The van der Waals surface area contributed by atoms with Gasteiger partial charge in [-0.2, -0.15) is 0 Å². The molecule has 1 heterocycles. The van der Waals surface area contributed by atoms with Crippen LogP contribution in [0.5, 0.6) is 0 Å². The Morgan fingerprint density at radius 3 is 2.72 bits per heavy atom. The Bertz CT molecular complexity index is 337. The number of benzene rings is 1. The van der Waals surface area contributed by atoms with Gasteiger partial charge in [-0.25, -0.2) is 0 Å². The second kappa shape index (κ2) is 6.79. The maximum absolute atomic E-state index is 3.66. The van der Waals surface area contributed by atoms with Crippen molar-refractivity contribution in [1.29, 1.82) is 0 Å². The first-order valence-electron chi connectivity index (χ1n) is 7.37. The highest BCUT2D eigenvalue weighted by Gasteiger charge is 2.11. The Kier molecular flexibility index (Phi) is 5.06. The lowest BCUT2D eigenvalue weighted by molar-refractivity contribution is 0.637. The van der Waals surface area contributed by atoms with E-state index in [1.54, 1.807) is 0 Å². The summed E-state index contributed by atoms with van der Waals surface area (Å²) in [6.45, 7) is 6.85. The molecule has 1 aliphatic rings. The standard InChI is InChI=1S/C16H26N2/c1-3-13(2)14-6-8-16(9-7-14)18-15-5-4-11-17-12-10-15/h6-9,13,15,17-18H,3-5,10-12H2,1-2H3. The van der Waals surface area contributed by atoms with E-state index in [1.165, 1.54) is 43.5 Å². The van der Waals surface area contributed by atoms with Crippen molar-refractivity contribution in [3.63, 3.8) is 0 Å². The predicted octanol–water partition coefficient (Wildman–Crippen LogP) is 3.75. The highest BCUT2D eigenvalue weighted by Crippen LogP contribution is 2.21. The van der Waals surface area contributed by atoms with Crippen molar-refractivity contribution in [2.45, 2.75) is 51.5 Å². The van der Waals surface area contributed by atoms with Crippen LogP contribution in [0.15, 0.2) is 24.3 Å². The summed E-state index contributed by atoms with van der Waals surface area (Å²) in [6, 6.07) is 9.64. The summed E-state index contributed by atoms with van der Waals surface area (Å²) >= 11 is 0. The molecular weight excluding hydrogens is 220 g/mol. The van der Waals surface area contributed by atoms with Gasteiger partial charge in [-0.15, -0.1) is 0 Å². The zero-order chi connectivity index (χ0) is 12.8. The third-order valence-corrected chi connectivity index (χ3v) is 4.04. The summed E-state index contributed by atoms with van der Waals surface area (Å²) in [5.41, 5.74) is 2.72. The summed E-state index contributed by atoms with van der Waals surface area (Å²) in [5, 5.41) is 7.12. The molecule has 1 aliphatic heterocycles. The van der Waals surface area contributed by atoms with Gasteiger partial charge in [-0.05, 0) is 62.4 Å². The lowest BCUT2D eigenvalue weighted by Gasteiger charge is -2.18. The Labute approximate surface area is 111 Å². The molecule has 2 heteroatoms. The minimum atomic E-state index is 0.634. The number of hydrogen-bond acceptors (Lipinski definition) is 2. The first-order valence-corrected chi connectivity index (χ1v) is 7.37. The molecule has 0 amide bonds. The molecule has 1 aromatic rings. The van der Waals surface area contributed by atoms with Crippen LogP contribution < -0.4 is 10.6 Å². The van der Waals surface area contributed by atoms with Gasteiger partial charge < -0.3 is 10.6 Å². The zero-order valence-corrected chi connectivity index (χ0v) is 11.7. The third kappa shape index (κ3) is 3.74. The van der Waals surface area contributed by atoms with Crippen molar-refractivity contribution in [3.05, 3.63) is 29.8 Å². The lowest BCUT2D eigenvalue weighted by Crippen LogP contribution is -2.21. The number of nitrogens with one attached hydrogen (secondary N) is 2. The fourth-order valence-corrected chi connectivity index (χ4v) is 2.54. The van der Waals surface area contributed by atoms with Gasteiger partial charge in [0, 0.05) is 11.7 Å². The fraction of sp³-hybridized carbons (Fsp3) is 0.625. The number of rotatable bonds is 4. The van der Waals surface area contributed by atoms with Gasteiger partial charge in [0.1, 0.15) is 0 Å². The Morgan fingerprint density at radius 1 is 1.22 bits per heavy atom. The maximum Gasteiger partial charge on any atom is 0.0342 e. The molecule has 0 spiro atoms. The zero-order valence-electron chi connectivity index (χ0n) is 11.7. The molecule has 0 saturated carbocycles. The number of anilines is 1. The molecule has 2 atom stereocenters. The van der Waals surface area contributed by atoms with Crippen LogP contribution in [-0.4, -0.2) is 19.1 Å². The van der Waals surface area contributed by atoms with Crippen LogP contribution in [0.3, 0.4) is 0 Å². The molecule has 0 radical (unpaired) electrons. The van der Waals surface area contributed by atoms with Crippen LogP contribution in [0.4, 0.5) is 5.69 Å². The van der Waals surface area contributed by atoms with Gasteiger partial charge in [0.15, 0.2) is 0 Å². The van der Waals surface area contributed by atoms with E-state index in [0.29, 0.717) is 12.0 Å². The minimum absolute atomic E-state index is 0.634. The van der Waals surface area contributed by atoms with E-state index >= 15 is 0 Å². The van der Waals surface area contributed by atoms with Gasteiger partial charge >= 0.3 is 0 Å². The third-order valence-electron chi connectivity index (χ3n) is 4.04. The van der Waals surface area contributed by atoms with E-state index in [1.807, 2.05) is 0 Å². The SMILES string of the molecule is CCC(C)c1ccc(NC2CCCNCC2)cc1. The van der Waals surface area contributed by atoms with E-state index in [9.17, 15) is 0 Å². The second-order valence-corrected chi connectivity index (χ2v) is 5.45. The average Bonchev–Trinajstić information content (AvgIpc) is 2.67. The highest BCUT2D eigenvalue weighted by molar-refractivity contribution is 5.46. The van der Waals surface area contributed by atoms with Crippen LogP contribution >= 0.6 is 0 Å². The predicted molar refractivity (Wildman–Crippen MR) is 79.3 cm³/mol. The first kappa shape index (κ1) is 13.4. The van der Waals surface area contributed by atoms with Crippen LogP contribution in [-0.2, 0) is 0 Å². The molecule has 2 rings (SSSR count). The summed E-state index contributed by atoms with van der Waals surface area (Å²) < 4.78 is 0. The lowest BCUT2D eigenvalue weighted by atomic mass is 9.98. The van der Waals surface area contributed by atoms with Crippen molar-refractivity contribution in [3.8, 4) is 0 Å². The van der Waals surface area contributed by atoms with Gasteiger partial charge in [-0.1, -0.05) is 26.0 Å². The maximum atomic E-state index is 3.66. The second-order valence-electron chi connectivity index (χ2n) is 5.45. The topological polar surface area (TPSA) is 24.1 Å². The number of hydrogen-bond donors (Lipinski definition) is 2. The summed E-state index contributed by atoms with van der Waals surface area (Å²) in [4.78, 5) is 0. The summed E-state index contributed by atoms with van der Waals surface area (Å²) in [6.07, 6.45) is 5.00. The normalized spacial score (nSPS) is 22.2. The molecule has 18 heavy (non-hydrogen) atoms. The van der Waals surface area contributed by atoms with Gasteiger partial charge in [0.2, 0.25) is 0 Å². The molecule has 1 fully saturated rings.